The van der Waals surface area contributed by atoms with E-state index in [0.717, 1.165) is 5.56 Å². The maximum absolute atomic E-state index is 13.9. The van der Waals surface area contributed by atoms with E-state index in [1.54, 1.807) is 25.1 Å². The highest BCUT2D eigenvalue weighted by Crippen LogP contribution is 2.18. The normalized spacial score (nSPS) is 10.6. The SMILES string of the molecule is Cc1ccccc1NC(=O)c1nnn(-c2ccccc2F)c1C. The van der Waals surface area contributed by atoms with Crippen molar-refractivity contribution in [2.24, 2.45) is 0 Å². The van der Waals surface area contributed by atoms with E-state index in [0.29, 0.717) is 11.4 Å². The third kappa shape index (κ3) is 2.83. The summed E-state index contributed by atoms with van der Waals surface area (Å²) in [7, 11) is 0. The smallest absolute Gasteiger partial charge is 0.278 e. The molecular formula is C17H15FN4O. The number of para-hydroxylation sites is 2. The number of aryl methyl sites for hydroxylation is 1. The number of anilines is 1. The number of nitrogens with zero attached hydrogens (tertiary/aromatic N) is 3. The Labute approximate surface area is 132 Å². The average molecular weight is 310 g/mol. The van der Waals surface area contributed by atoms with Gasteiger partial charge in [0.2, 0.25) is 0 Å². The molecule has 5 nitrogen and oxygen atoms in total. The Bertz CT molecular complexity index is 873. The molecule has 6 heteroatoms. The largest absolute Gasteiger partial charge is 0.320 e. The number of halogens is 1. The third-order valence-electron chi connectivity index (χ3n) is 3.58. The summed E-state index contributed by atoms with van der Waals surface area (Å²) in [6.45, 7) is 3.58. The van der Waals surface area contributed by atoms with Gasteiger partial charge in [-0.3, -0.25) is 4.79 Å². The molecule has 0 aliphatic carbocycles. The van der Waals surface area contributed by atoms with Crippen molar-refractivity contribution in [2.75, 3.05) is 5.32 Å². The quantitative estimate of drug-likeness (QED) is 0.807. The topological polar surface area (TPSA) is 59.8 Å². The molecule has 116 valence electrons. The summed E-state index contributed by atoms with van der Waals surface area (Å²) < 4.78 is 15.2. The molecule has 3 aromatic rings. The van der Waals surface area contributed by atoms with Crippen LogP contribution in [0.3, 0.4) is 0 Å². The predicted octanol–water partition coefficient (Wildman–Crippen LogP) is 3.28. The van der Waals surface area contributed by atoms with Crippen LogP contribution in [0, 0.1) is 19.7 Å². The summed E-state index contributed by atoms with van der Waals surface area (Å²) in [6, 6.07) is 13.7. The van der Waals surface area contributed by atoms with Crippen LogP contribution in [0.1, 0.15) is 21.7 Å². The van der Waals surface area contributed by atoms with Gasteiger partial charge in [0, 0.05) is 5.69 Å². The molecule has 0 spiro atoms. The van der Waals surface area contributed by atoms with Gasteiger partial charge in [-0.05, 0) is 37.6 Å². The first-order valence-electron chi connectivity index (χ1n) is 7.12. The lowest BCUT2D eigenvalue weighted by molar-refractivity contribution is 0.102. The van der Waals surface area contributed by atoms with Crippen LogP contribution < -0.4 is 5.32 Å². The number of hydrogen-bond acceptors (Lipinski definition) is 3. The van der Waals surface area contributed by atoms with E-state index < -0.39 is 5.82 Å². The van der Waals surface area contributed by atoms with Gasteiger partial charge in [-0.1, -0.05) is 35.5 Å². The molecule has 0 saturated carbocycles. The number of benzene rings is 2. The van der Waals surface area contributed by atoms with Crippen LogP contribution >= 0.6 is 0 Å². The van der Waals surface area contributed by atoms with Crippen molar-refractivity contribution in [3.8, 4) is 5.69 Å². The molecule has 1 aromatic heterocycles. The van der Waals surface area contributed by atoms with Crippen molar-refractivity contribution >= 4 is 11.6 Å². The first kappa shape index (κ1) is 14.9. The molecule has 0 fully saturated rings. The number of hydrogen-bond donors (Lipinski definition) is 1. The van der Waals surface area contributed by atoms with Crippen molar-refractivity contribution in [1.29, 1.82) is 0 Å². The van der Waals surface area contributed by atoms with Gasteiger partial charge in [-0.15, -0.1) is 5.10 Å². The van der Waals surface area contributed by atoms with Gasteiger partial charge < -0.3 is 5.32 Å². The summed E-state index contributed by atoms with van der Waals surface area (Å²) in [6.07, 6.45) is 0. The van der Waals surface area contributed by atoms with Crippen LogP contribution in [0.4, 0.5) is 10.1 Å². The highest BCUT2D eigenvalue weighted by Gasteiger charge is 2.19. The van der Waals surface area contributed by atoms with E-state index >= 15 is 0 Å². The molecule has 23 heavy (non-hydrogen) atoms. The first-order chi connectivity index (χ1) is 11.1. The van der Waals surface area contributed by atoms with Gasteiger partial charge in [0.1, 0.15) is 11.5 Å². The number of nitrogens with one attached hydrogen (secondary N) is 1. The lowest BCUT2D eigenvalue weighted by Gasteiger charge is -2.07. The summed E-state index contributed by atoms with van der Waals surface area (Å²) in [5.74, 6) is -0.800. The fourth-order valence-corrected chi connectivity index (χ4v) is 2.29. The van der Waals surface area contributed by atoms with Crippen LogP contribution in [0.15, 0.2) is 48.5 Å². The molecule has 0 radical (unpaired) electrons. The molecule has 1 amide bonds. The monoisotopic (exact) mass is 310 g/mol. The average Bonchev–Trinajstić information content (AvgIpc) is 2.92. The van der Waals surface area contributed by atoms with Crippen molar-refractivity contribution in [1.82, 2.24) is 15.0 Å². The van der Waals surface area contributed by atoms with E-state index in [1.165, 1.54) is 10.7 Å². The highest BCUT2D eigenvalue weighted by molar-refractivity contribution is 6.03. The Morgan fingerprint density at radius 3 is 2.52 bits per heavy atom. The molecule has 0 unspecified atom stereocenters. The number of carbonyl (C=O) groups excluding carboxylic acids is 1. The fourth-order valence-electron chi connectivity index (χ4n) is 2.29. The van der Waals surface area contributed by atoms with Crippen LogP contribution in [-0.2, 0) is 0 Å². The van der Waals surface area contributed by atoms with Crippen molar-refractivity contribution in [3.05, 3.63) is 71.3 Å². The summed E-state index contributed by atoms with van der Waals surface area (Å²) in [5.41, 5.74) is 2.54. The van der Waals surface area contributed by atoms with Crippen LogP contribution in [0.5, 0.6) is 0 Å². The highest BCUT2D eigenvalue weighted by atomic mass is 19.1. The van der Waals surface area contributed by atoms with Gasteiger partial charge in [0.05, 0.1) is 5.69 Å². The van der Waals surface area contributed by atoms with Crippen molar-refractivity contribution in [2.45, 2.75) is 13.8 Å². The molecular weight excluding hydrogens is 295 g/mol. The number of carbonyl (C=O) groups is 1. The van der Waals surface area contributed by atoms with Gasteiger partial charge in [0.15, 0.2) is 5.69 Å². The van der Waals surface area contributed by atoms with Crippen LogP contribution in [0.25, 0.3) is 5.69 Å². The summed E-state index contributed by atoms with van der Waals surface area (Å²) >= 11 is 0. The Morgan fingerprint density at radius 1 is 1.09 bits per heavy atom. The molecule has 3 rings (SSSR count). The minimum absolute atomic E-state index is 0.163. The molecule has 2 aromatic carbocycles. The van der Waals surface area contributed by atoms with Crippen LogP contribution in [0.2, 0.25) is 0 Å². The van der Waals surface area contributed by atoms with Crippen molar-refractivity contribution in [3.63, 3.8) is 0 Å². The minimum atomic E-state index is -0.425. The maximum Gasteiger partial charge on any atom is 0.278 e. The zero-order chi connectivity index (χ0) is 16.4. The fraction of sp³-hybridized carbons (Fsp3) is 0.118. The van der Waals surface area contributed by atoms with Crippen molar-refractivity contribution < 1.29 is 9.18 Å². The molecule has 0 aliphatic heterocycles. The van der Waals surface area contributed by atoms with E-state index in [4.69, 9.17) is 0 Å². The molecule has 0 atom stereocenters. The van der Waals surface area contributed by atoms with Gasteiger partial charge in [-0.2, -0.15) is 0 Å². The lowest BCUT2D eigenvalue weighted by atomic mass is 10.2. The second-order valence-corrected chi connectivity index (χ2v) is 5.16. The third-order valence-corrected chi connectivity index (χ3v) is 3.58. The van der Waals surface area contributed by atoms with E-state index in [1.807, 2.05) is 31.2 Å². The van der Waals surface area contributed by atoms with E-state index in [-0.39, 0.29) is 17.3 Å². The second-order valence-electron chi connectivity index (χ2n) is 5.16. The standard InChI is InChI=1S/C17H15FN4O/c1-11-7-3-5-9-14(11)19-17(23)16-12(2)22(21-20-16)15-10-6-4-8-13(15)18/h3-10H,1-2H3,(H,19,23). The molecule has 0 saturated heterocycles. The Balaban J connectivity index is 1.92. The zero-order valence-electron chi connectivity index (χ0n) is 12.7. The summed E-state index contributed by atoms with van der Waals surface area (Å²) in [4.78, 5) is 12.4. The van der Waals surface area contributed by atoms with Gasteiger partial charge in [0.25, 0.3) is 5.91 Å². The summed E-state index contributed by atoms with van der Waals surface area (Å²) in [5, 5.41) is 10.6. The number of rotatable bonds is 3. The maximum atomic E-state index is 13.9. The number of amides is 1. The Hall–Kier alpha value is -3.02. The molecule has 0 aliphatic rings. The minimum Gasteiger partial charge on any atom is -0.320 e. The Kier molecular flexibility index (Phi) is 3.89. The Morgan fingerprint density at radius 2 is 1.78 bits per heavy atom. The zero-order valence-corrected chi connectivity index (χ0v) is 12.7. The van der Waals surface area contributed by atoms with E-state index in [2.05, 4.69) is 15.6 Å². The number of aromatic nitrogens is 3. The van der Waals surface area contributed by atoms with Gasteiger partial charge >= 0.3 is 0 Å². The van der Waals surface area contributed by atoms with Gasteiger partial charge in [-0.25, -0.2) is 9.07 Å². The van der Waals surface area contributed by atoms with E-state index in [9.17, 15) is 9.18 Å². The molecule has 1 heterocycles. The molecule has 0 bridgehead atoms. The lowest BCUT2D eigenvalue weighted by Crippen LogP contribution is -2.15. The predicted molar refractivity (Wildman–Crippen MR) is 85.2 cm³/mol. The molecule has 1 N–H and O–H groups in total. The second kappa shape index (κ2) is 6.00. The first-order valence-corrected chi connectivity index (χ1v) is 7.12. The van der Waals surface area contributed by atoms with Crippen LogP contribution in [-0.4, -0.2) is 20.9 Å².